The third-order valence-corrected chi connectivity index (χ3v) is 7.70. The van der Waals surface area contributed by atoms with Gasteiger partial charge in [0.2, 0.25) is 0 Å². The van der Waals surface area contributed by atoms with E-state index in [2.05, 4.69) is 0 Å². The molecule has 0 spiro atoms. The van der Waals surface area contributed by atoms with Crippen LogP contribution in [0.25, 0.3) is 16.0 Å². The molecular formula is C29H24N2O6S. The number of carbonyl (C=O) groups is 2. The zero-order chi connectivity index (χ0) is 26.6. The first kappa shape index (κ1) is 24.0. The van der Waals surface area contributed by atoms with Crippen LogP contribution in [-0.4, -0.2) is 42.1 Å². The second-order valence-corrected chi connectivity index (χ2v) is 10.2. The van der Waals surface area contributed by atoms with Gasteiger partial charge in [-0.05, 0) is 66.9 Å². The van der Waals surface area contributed by atoms with Crippen LogP contribution in [0, 0.1) is 13.8 Å². The summed E-state index contributed by atoms with van der Waals surface area (Å²) in [7, 11) is 1.55. The van der Waals surface area contributed by atoms with E-state index in [9.17, 15) is 14.7 Å². The van der Waals surface area contributed by atoms with Crippen LogP contribution in [0.5, 0.6) is 17.2 Å². The number of carbonyl (C=O) groups excluding carboxylic acids is 2. The van der Waals surface area contributed by atoms with Gasteiger partial charge in [-0.3, -0.25) is 14.5 Å². The van der Waals surface area contributed by atoms with Gasteiger partial charge in [-0.15, -0.1) is 0 Å². The molecule has 0 saturated carbocycles. The summed E-state index contributed by atoms with van der Waals surface area (Å²) in [6.07, 6.45) is 0. The first-order chi connectivity index (χ1) is 18.4. The number of thiazole rings is 1. The van der Waals surface area contributed by atoms with Crippen molar-refractivity contribution in [3.63, 3.8) is 0 Å². The van der Waals surface area contributed by atoms with Gasteiger partial charge in [-0.1, -0.05) is 29.5 Å². The van der Waals surface area contributed by atoms with Crippen molar-refractivity contribution < 1.29 is 28.9 Å². The molecule has 38 heavy (non-hydrogen) atoms. The average Bonchev–Trinajstić information content (AvgIpc) is 3.46. The molecule has 8 nitrogen and oxygen atoms in total. The average molecular weight is 529 g/mol. The van der Waals surface area contributed by atoms with E-state index in [1.807, 2.05) is 26.0 Å². The van der Waals surface area contributed by atoms with Gasteiger partial charge >= 0.3 is 5.91 Å². The number of ketones is 1. The van der Waals surface area contributed by atoms with Crippen molar-refractivity contribution in [1.29, 1.82) is 0 Å². The number of ether oxygens (including phenoxy) is 3. The lowest BCUT2D eigenvalue weighted by molar-refractivity contribution is -0.132. The van der Waals surface area contributed by atoms with Crippen molar-refractivity contribution in [2.75, 3.05) is 25.2 Å². The van der Waals surface area contributed by atoms with Gasteiger partial charge in [0.15, 0.2) is 16.6 Å². The van der Waals surface area contributed by atoms with Gasteiger partial charge in [-0.2, -0.15) is 0 Å². The highest BCUT2D eigenvalue weighted by Crippen LogP contribution is 2.46. The highest BCUT2D eigenvalue weighted by molar-refractivity contribution is 7.22. The molecule has 1 amide bonds. The fraction of sp³-hybridized carbons (Fsp3) is 0.207. The van der Waals surface area contributed by atoms with Gasteiger partial charge in [-0.25, -0.2) is 4.98 Å². The lowest BCUT2D eigenvalue weighted by Gasteiger charge is -2.23. The summed E-state index contributed by atoms with van der Waals surface area (Å²) in [4.78, 5) is 33.3. The Morgan fingerprint density at radius 2 is 1.84 bits per heavy atom. The maximum atomic E-state index is 13.6. The quantitative estimate of drug-likeness (QED) is 0.218. The van der Waals surface area contributed by atoms with Gasteiger partial charge in [0.25, 0.3) is 5.78 Å². The van der Waals surface area contributed by atoms with Crippen LogP contribution < -0.4 is 19.1 Å². The van der Waals surface area contributed by atoms with E-state index in [1.54, 1.807) is 49.6 Å². The summed E-state index contributed by atoms with van der Waals surface area (Å²) >= 11 is 1.33. The number of benzene rings is 3. The number of nitrogens with zero attached hydrogens (tertiary/aromatic N) is 2. The van der Waals surface area contributed by atoms with Crippen molar-refractivity contribution >= 4 is 44.1 Å². The summed E-state index contributed by atoms with van der Waals surface area (Å²) in [6.45, 7) is 4.78. The highest BCUT2D eigenvalue weighted by atomic mass is 32.1. The largest absolute Gasteiger partial charge is 0.507 e. The molecule has 1 aromatic heterocycles. The number of anilines is 1. The van der Waals surface area contributed by atoms with E-state index in [4.69, 9.17) is 19.2 Å². The van der Waals surface area contributed by atoms with Gasteiger partial charge in [0.05, 0.1) is 28.9 Å². The Bertz CT molecular complexity index is 1660. The van der Waals surface area contributed by atoms with E-state index in [0.29, 0.717) is 46.7 Å². The van der Waals surface area contributed by atoms with Crippen molar-refractivity contribution in [3.05, 3.63) is 82.4 Å². The standard InChI is InChI=1S/C29H24N2O6S/c1-15-11-16(2)24-22(12-15)38-29(30-24)31-25(17-5-4-6-19(13-17)35-3)23(27(33)28(31)34)26(32)18-7-8-20-21(14-18)37-10-9-36-20/h4-8,11-14,25,32H,9-10H2,1-3H3/b26-23-. The second-order valence-electron chi connectivity index (χ2n) is 9.23. The van der Waals surface area contributed by atoms with E-state index >= 15 is 0 Å². The van der Waals surface area contributed by atoms with Crippen LogP contribution in [0.4, 0.5) is 5.13 Å². The van der Waals surface area contributed by atoms with Crippen LogP contribution in [0.15, 0.2) is 60.2 Å². The molecule has 1 fully saturated rings. The monoisotopic (exact) mass is 528 g/mol. The molecule has 1 unspecified atom stereocenters. The smallest absolute Gasteiger partial charge is 0.301 e. The van der Waals surface area contributed by atoms with Gasteiger partial charge in [0, 0.05) is 5.56 Å². The summed E-state index contributed by atoms with van der Waals surface area (Å²) in [5.74, 6) is -0.281. The number of aliphatic hydroxyl groups is 1. The number of hydrogen-bond acceptors (Lipinski definition) is 8. The fourth-order valence-electron chi connectivity index (χ4n) is 4.96. The number of hydrogen-bond donors (Lipinski definition) is 1. The Hall–Kier alpha value is -4.37. The number of amides is 1. The number of aromatic nitrogens is 1. The van der Waals surface area contributed by atoms with Crippen LogP contribution in [-0.2, 0) is 9.59 Å². The Kier molecular flexibility index (Phi) is 5.80. The number of aliphatic hydroxyl groups excluding tert-OH is 1. The summed E-state index contributed by atoms with van der Waals surface area (Å²) < 4.78 is 17.6. The number of aryl methyl sites for hydroxylation is 2. The highest BCUT2D eigenvalue weighted by Gasteiger charge is 2.48. The molecule has 0 bridgehead atoms. The molecule has 2 aliphatic rings. The summed E-state index contributed by atoms with van der Waals surface area (Å²) in [5.41, 5.74) is 3.75. The second kappa shape index (κ2) is 9.18. The Balaban J connectivity index is 1.56. The van der Waals surface area contributed by atoms with Crippen LogP contribution in [0.1, 0.15) is 28.3 Å². The van der Waals surface area contributed by atoms with Crippen LogP contribution in [0.2, 0.25) is 0 Å². The molecule has 3 aromatic carbocycles. The minimum atomic E-state index is -0.916. The molecule has 1 atom stereocenters. The first-order valence-corrected chi connectivity index (χ1v) is 12.9. The third-order valence-electron chi connectivity index (χ3n) is 6.69. The topological polar surface area (TPSA) is 98.2 Å². The number of fused-ring (bicyclic) bond motifs is 2. The SMILES string of the molecule is COc1cccc(C2/C(=C(/O)c3ccc4c(c3)OCCO4)C(=O)C(=O)N2c2nc3c(C)cc(C)cc3s2)c1. The van der Waals surface area contributed by atoms with Crippen molar-refractivity contribution in [2.24, 2.45) is 0 Å². The molecule has 192 valence electrons. The number of Topliss-reactive ketones (excluding diaryl/α,β-unsaturated/α-hetero) is 1. The number of methoxy groups -OCH3 is 1. The molecule has 2 aliphatic heterocycles. The Morgan fingerprint density at radius 3 is 2.63 bits per heavy atom. The third kappa shape index (κ3) is 3.86. The maximum Gasteiger partial charge on any atom is 0.301 e. The molecule has 4 aromatic rings. The maximum absolute atomic E-state index is 13.6. The normalized spacial score (nSPS) is 18.3. The van der Waals surface area contributed by atoms with E-state index in [0.717, 1.165) is 21.3 Å². The fourth-order valence-corrected chi connectivity index (χ4v) is 6.13. The minimum Gasteiger partial charge on any atom is -0.507 e. The number of rotatable bonds is 4. The van der Waals surface area contributed by atoms with Crippen LogP contribution in [0.3, 0.4) is 0 Å². The molecule has 9 heteroatoms. The minimum absolute atomic E-state index is 0.0351. The van der Waals surface area contributed by atoms with Crippen molar-refractivity contribution in [2.45, 2.75) is 19.9 Å². The van der Waals surface area contributed by atoms with Crippen molar-refractivity contribution in [3.8, 4) is 17.2 Å². The zero-order valence-electron chi connectivity index (χ0n) is 21.0. The van der Waals surface area contributed by atoms with Crippen LogP contribution >= 0.6 is 11.3 Å². The molecule has 0 radical (unpaired) electrons. The van der Waals surface area contributed by atoms with E-state index < -0.39 is 17.7 Å². The van der Waals surface area contributed by atoms with Gasteiger partial charge in [0.1, 0.15) is 24.7 Å². The Morgan fingerprint density at radius 1 is 1.05 bits per heavy atom. The predicted molar refractivity (Wildman–Crippen MR) is 144 cm³/mol. The molecule has 6 rings (SSSR count). The summed E-state index contributed by atoms with van der Waals surface area (Å²) in [6, 6.07) is 15.2. The zero-order valence-corrected chi connectivity index (χ0v) is 21.8. The summed E-state index contributed by atoms with van der Waals surface area (Å²) in [5, 5.41) is 11.9. The molecule has 1 saturated heterocycles. The molecule has 1 N–H and O–H groups in total. The Labute approximate surface area is 222 Å². The first-order valence-electron chi connectivity index (χ1n) is 12.1. The van der Waals surface area contributed by atoms with Crippen molar-refractivity contribution in [1.82, 2.24) is 4.98 Å². The molecule has 0 aliphatic carbocycles. The molecule has 3 heterocycles. The molecular weight excluding hydrogens is 504 g/mol. The van der Waals surface area contributed by atoms with E-state index in [1.165, 1.54) is 16.2 Å². The predicted octanol–water partition coefficient (Wildman–Crippen LogP) is 5.32. The lowest BCUT2D eigenvalue weighted by atomic mass is 9.95. The van der Waals surface area contributed by atoms with Gasteiger partial charge < -0.3 is 19.3 Å². The van der Waals surface area contributed by atoms with E-state index in [-0.39, 0.29) is 11.3 Å². The lowest BCUT2D eigenvalue weighted by Crippen LogP contribution is -2.29.